The van der Waals surface area contributed by atoms with Crippen molar-refractivity contribution in [2.45, 2.75) is 0 Å². The van der Waals surface area contributed by atoms with E-state index in [1.807, 2.05) is 35.2 Å². The third-order valence-corrected chi connectivity index (χ3v) is 5.02. The molecule has 0 saturated carbocycles. The molecule has 7 heteroatoms. The van der Waals surface area contributed by atoms with E-state index in [1.54, 1.807) is 12.3 Å². The first kappa shape index (κ1) is 17.2. The Balaban J connectivity index is 1.43. The molecule has 2 aliphatic rings. The number of pyridine rings is 1. The van der Waals surface area contributed by atoms with Crippen LogP contribution in [-0.2, 0) is 4.79 Å². The highest BCUT2D eigenvalue weighted by Gasteiger charge is 2.26. The van der Waals surface area contributed by atoms with Crippen molar-refractivity contribution < 1.29 is 9.53 Å². The first-order chi connectivity index (χ1) is 12.6. The number of amides is 1. The minimum atomic E-state index is 0.0133. The van der Waals surface area contributed by atoms with E-state index in [2.05, 4.69) is 9.88 Å². The van der Waals surface area contributed by atoms with Gasteiger partial charge in [0, 0.05) is 43.0 Å². The number of hydrogen-bond acceptors (Lipinski definition) is 4. The molecule has 134 valence electrons. The van der Waals surface area contributed by atoms with E-state index >= 15 is 0 Å². The first-order valence-corrected chi connectivity index (χ1v) is 9.14. The molecule has 0 atom stereocenters. The fourth-order valence-corrected chi connectivity index (χ4v) is 3.46. The lowest BCUT2D eigenvalue weighted by Crippen LogP contribution is -2.49. The number of piperazine rings is 1. The molecule has 3 heterocycles. The summed E-state index contributed by atoms with van der Waals surface area (Å²) in [7, 11) is 0. The Bertz CT molecular complexity index is 860. The summed E-state index contributed by atoms with van der Waals surface area (Å²) in [5.41, 5.74) is 1.49. The van der Waals surface area contributed by atoms with Crippen LogP contribution in [0, 0.1) is 0 Å². The van der Waals surface area contributed by atoms with E-state index in [0.29, 0.717) is 28.7 Å². The predicted molar refractivity (Wildman–Crippen MR) is 103 cm³/mol. The second-order valence-electron chi connectivity index (χ2n) is 6.25. The lowest BCUT2D eigenvalue weighted by Gasteiger charge is -2.36. The summed E-state index contributed by atoms with van der Waals surface area (Å²) in [6.07, 6.45) is 3.52. The van der Waals surface area contributed by atoms with Crippen LogP contribution in [0.5, 0.6) is 5.75 Å². The Morgan fingerprint density at radius 3 is 2.54 bits per heavy atom. The molecule has 0 spiro atoms. The number of fused-ring (bicyclic) bond motifs is 1. The summed E-state index contributed by atoms with van der Waals surface area (Å²) in [4.78, 5) is 21.2. The van der Waals surface area contributed by atoms with Gasteiger partial charge in [-0.3, -0.25) is 4.79 Å². The summed E-state index contributed by atoms with van der Waals surface area (Å²) in [5.74, 6) is 1.65. The van der Waals surface area contributed by atoms with Gasteiger partial charge in [-0.25, -0.2) is 4.98 Å². The maximum Gasteiger partial charge on any atom is 0.253 e. The van der Waals surface area contributed by atoms with E-state index in [0.717, 1.165) is 30.2 Å². The summed E-state index contributed by atoms with van der Waals surface area (Å²) in [5, 5.41) is 1.24. The van der Waals surface area contributed by atoms with E-state index < -0.39 is 0 Å². The molecule has 2 aliphatic heterocycles. The summed E-state index contributed by atoms with van der Waals surface area (Å²) < 4.78 is 5.70. The number of ether oxygens (including phenoxy) is 1. The zero-order chi connectivity index (χ0) is 18.1. The number of anilines is 1. The fraction of sp³-hybridized carbons (Fsp3) is 0.263. The van der Waals surface area contributed by atoms with Crippen LogP contribution >= 0.6 is 23.2 Å². The number of rotatable bonds is 2. The van der Waals surface area contributed by atoms with Gasteiger partial charge in [0.25, 0.3) is 5.91 Å². The summed E-state index contributed by atoms with van der Waals surface area (Å²) >= 11 is 11.9. The molecule has 0 unspecified atom stereocenters. The van der Waals surface area contributed by atoms with Crippen LogP contribution in [0.3, 0.4) is 0 Å². The molecule has 26 heavy (non-hydrogen) atoms. The molecule has 1 saturated heterocycles. The number of aromatic nitrogens is 1. The van der Waals surface area contributed by atoms with E-state index in [1.165, 1.54) is 0 Å². The highest BCUT2D eigenvalue weighted by Crippen LogP contribution is 2.29. The van der Waals surface area contributed by atoms with Crippen molar-refractivity contribution in [3.63, 3.8) is 0 Å². The van der Waals surface area contributed by atoms with Crippen LogP contribution in [0.15, 0.2) is 42.1 Å². The largest absolute Gasteiger partial charge is 0.488 e. The fourth-order valence-electron chi connectivity index (χ4n) is 3.17. The molecule has 5 nitrogen and oxygen atoms in total. The number of halogens is 2. The van der Waals surface area contributed by atoms with Gasteiger partial charge in [-0.05, 0) is 36.4 Å². The van der Waals surface area contributed by atoms with E-state index in [9.17, 15) is 4.79 Å². The average molecular weight is 390 g/mol. The smallest absolute Gasteiger partial charge is 0.253 e. The molecule has 1 amide bonds. The Morgan fingerprint density at radius 1 is 1.04 bits per heavy atom. The summed E-state index contributed by atoms with van der Waals surface area (Å²) in [6.45, 7) is 3.03. The minimum absolute atomic E-state index is 0.0133. The maximum absolute atomic E-state index is 12.8. The minimum Gasteiger partial charge on any atom is -0.488 e. The van der Waals surface area contributed by atoms with Gasteiger partial charge >= 0.3 is 0 Å². The van der Waals surface area contributed by atoms with Gasteiger partial charge in [-0.2, -0.15) is 0 Å². The lowest BCUT2D eigenvalue weighted by molar-refractivity contribution is -0.127. The Morgan fingerprint density at radius 2 is 1.81 bits per heavy atom. The number of benzene rings is 1. The van der Waals surface area contributed by atoms with Crippen LogP contribution in [0.1, 0.15) is 5.56 Å². The van der Waals surface area contributed by atoms with Gasteiger partial charge in [-0.15, -0.1) is 0 Å². The van der Waals surface area contributed by atoms with E-state index in [4.69, 9.17) is 27.9 Å². The van der Waals surface area contributed by atoms with Crippen LogP contribution in [0.25, 0.3) is 6.08 Å². The van der Waals surface area contributed by atoms with Gasteiger partial charge in [0.15, 0.2) is 0 Å². The highest BCUT2D eigenvalue weighted by molar-refractivity contribution is 6.31. The van der Waals surface area contributed by atoms with Crippen molar-refractivity contribution in [3.8, 4) is 5.75 Å². The van der Waals surface area contributed by atoms with Crippen molar-refractivity contribution in [1.82, 2.24) is 9.88 Å². The second-order valence-corrected chi connectivity index (χ2v) is 7.13. The van der Waals surface area contributed by atoms with Crippen molar-refractivity contribution in [2.24, 2.45) is 0 Å². The number of carbonyl (C=O) groups is 1. The zero-order valence-corrected chi connectivity index (χ0v) is 15.5. The molecule has 1 fully saturated rings. The van der Waals surface area contributed by atoms with Gasteiger partial charge < -0.3 is 14.5 Å². The molecule has 0 aliphatic carbocycles. The molecule has 1 aromatic heterocycles. The van der Waals surface area contributed by atoms with Crippen molar-refractivity contribution >= 4 is 41.0 Å². The Kier molecular flexibility index (Phi) is 4.74. The second kappa shape index (κ2) is 7.17. The van der Waals surface area contributed by atoms with Crippen LogP contribution in [0.2, 0.25) is 10.0 Å². The average Bonchev–Trinajstić information content (AvgIpc) is 2.67. The Labute approximate surface area is 161 Å². The quantitative estimate of drug-likeness (QED) is 0.788. The number of nitrogens with zero attached hydrogens (tertiary/aromatic N) is 3. The number of hydrogen-bond donors (Lipinski definition) is 0. The van der Waals surface area contributed by atoms with Gasteiger partial charge in [0.2, 0.25) is 0 Å². The van der Waals surface area contributed by atoms with E-state index in [-0.39, 0.29) is 12.5 Å². The standard InChI is InChI=1S/C19H17Cl2N3O2/c20-15-1-3-17-13(10-15)9-14(12-26-17)19(25)24-7-5-23(6-8-24)18-4-2-16(21)11-22-18/h1-4,9-11H,5-8,12H2. The monoisotopic (exact) mass is 389 g/mol. The highest BCUT2D eigenvalue weighted by atomic mass is 35.5. The van der Waals surface area contributed by atoms with Crippen molar-refractivity contribution in [2.75, 3.05) is 37.7 Å². The van der Waals surface area contributed by atoms with Crippen LogP contribution in [0.4, 0.5) is 5.82 Å². The van der Waals surface area contributed by atoms with Gasteiger partial charge in [0.05, 0.1) is 10.6 Å². The van der Waals surface area contributed by atoms with Crippen molar-refractivity contribution in [3.05, 3.63) is 57.7 Å². The molecular weight excluding hydrogens is 373 g/mol. The molecule has 2 aromatic rings. The molecule has 0 radical (unpaired) electrons. The SMILES string of the molecule is O=C(C1=Cc2cc(Cl)ccc2OC1)N1CCN(c2ccc(Cl)cn2)CC1. The van der Waals surface area contributed by atoms with Gasteiger partial charge in [-0.1, -0.05) is 23.2 Å². The van der Waals surface area contributed by atoms with Crippen LogP contribution < -0.4 is 9.64 Å². The van der Waals surface area contributed by atoms with Crippen LogP contribution in [-0.4, -0.2) is 48.6 Å². The third kappa shape index (κ3) is 3.50. The molecular formula is C19H17Cl2N3O2. The lowest BCUT2D eigenvalue weighted by atomic mass is 10.1. The zero-order valence-electron chi connectivity index (χ0n) is 14.0. The Hall–Kier alpha value is -2.24. The predicted octanol–water partition coefficient (Wildman–Crippen LogP) is 3.51. The third-order valence-electron chi connectivity index (χ3n) is 4.56. The van der Waals surface area contributed by atoms with Gasteiger partial charge in [0.1, 0.15) is 18.2 Å². The molecule has 1 aromatic carbocycles. The molecule has 0 N–H and O–H groups in total. The molecule has 4 rings (SSSR count). The normalized spacial score (nSPS) is 16.6. The maximum atomic E-state index is 12.8. The first-order valence-electron chi connectivity index (χ1n) is 8.39. The number of carbonyl (C=O) groups excluding carboxylic acids is 1. The topological polar surface area (TPSA) is 45.7 Å². The summed E-state index contributed by atoms with van der Waals surface area (Å²) in [6, 6.07) is 9.15. The molecule has 0 bridgehead atoms. The van der Waals surface area contributed by atoms with Crippen molar-refractivity contribution in [1.29, 1.82) is 0 Å².